The van der Waals surface area contributed by atoms with Gasteiger partial charge in [-0.05, 0) is 66.4 Å². The van der Waals surface area contributed by atoms with Gasteiger partial charge in [-0.15, -0.1) is 11.8 Å². The number of nitrogens with zero attached hydrogens (tertiary/aromatic N) is 3. The molecule has 39 heavy (non-hydrogen) atoms. The number of carbonyl (C=O) groups excluding carboxylic acids is 2. The van der Waals surface area contributed by atoms with E-state index in [0.29, 0.717) is 19.4 Å². The lowest BCUT2D eigenvalue weighted by molar-refractivity contribution is -0.387. The summed E-state index contributed by atoms with van der Waals surface area (Å²) in [6, 6.07) is 0.458. The third kappa shape index (κ3) is 7.58. The molecule has 1 aliphatic carbocycles. The minimum absolute atomic E-state index is 0.0851. The van der Waals surface area contributed by atoms with Crippen molar-refractivity contribution in [1.29, 1.82) is 0 Å². The first kappa shape index (κ1) is 31.0. The number of likely N-dealkylation sites (tertiary alicyclic amines) is 1. The summed E-state index contributed by atoms with van der Waals surface area (Å²) in [7, 11) is 0. The highest BCUT2D eigenvalue weighted by Crippen LogP contribution is 2.49. The number of ether oxygens (including phenoxy) is 1. The van der Waals surface area contributed by atoms with Crippen molar-refractivity contribution < 1.29 is 32.4 Å². The number of nitro benzene ring substituents is 1. The van der Waals surface area contributed by atoms with Crippen LogP contribution in [0.4, 0.5) is 23.7 Å². The van der Waals surface area contributed by atoms with Gasteiger partial charge in [0.2, 0.25) is 0 Å². The second kappa shape index (κ2) is 11.5. The van der Waals surface area contributed by atoms with Gasteiger partial charge < -0.3 is 14.5 Å². The zero-order valence-electron chi connectivity index (χ0n) is 23.4. The Balaban J connectivity index is 2.02. The van der Waals surface area contributed by atoms with E-state index in [4.69, 9.17) is 4.74 Å². The van der Waals surface area contributed by atoms with Crippen molar-refractivity contribution in [2.75, 3.05) is 13.1 Å². The average molecular weight is 574 g/mol. The number of halogens is 3. The summed E-state index contributed by atoms with van der Waals surface area (Å²) in [4.78, 5) is 40.5. The van der Waals surface area contributed by atoms with Gasteiger partial charge in [-0.1, -0.05) is 19.8 Å². The van der Waals surface area contributed by atoms with E-state index in [1.165, 1.54) is 9.80 Å². The van der Waals surface area contributed by atoms with Crippen molar-refractivity contribution in [1.82, 2.24) is 9.80 Å². The van der Waals surface area contributed by atoms with Gasteiger partial charge in [0.15, 0.2) is 0 Å². The smallest absolute Gasteiger partial charge is 0.417 e. The first-order chi connectivity index (χ1) is 17.9. The normalized spacial score (nSPS) is 19.7. The number of hydrogen-bond acceptors (Lipinski definition) is 6. The lowest BCUT2D eigenvalue weighted by Crippen LogP contribution is -2.54. The Morgan fingerprint density at radius 3 is 2.31 bits per heavy atom. The highest BCUT2D eigenvalue weighted by atomic mass is 32.2. The SMILES string of the molecule is CC(C)N(C(=O)c1cc([N+](=O)[O-])c(SC2(C)CCCC2)cc1C(F)(F)F)[C@@H]1CCCN(C(=O)OC(C)(C)C)C1. The van der Waals surface area contributed by atoms with Crippen LogP contribution >= 0.6 is 11.8 Å². The van der Waals surface area contributed by atoms with E-state index in [0.717, 1.165) is 49.6 Å². The van der Waals surface area contributed by atoms with Crippen molar-refractivity contribution in [3.05, 3.63) is 33.4 Å². The van der Waals surface area contributed by atoms with E-state index in [9.17, 15) is 32.9 Å². The molecule has 2 amide bonds. The van der Waals surface area contributed by atoms with Gasteiger partial charge in [-0.3, -0.25) is 14.9 Å². The number of thioether (sulfide) groups is 1. The maximum atomic E-state index is 14.3. The highest BCUT2D eigenvalue weighted by molar-refractivity contribution is 8.00. The molecule has 1 saturated carbocycles. The molecule has 0 N–H and O–H groups in total. The Morgan fingerprint density at radius 1 is 1.18 bits per heavy atom. The van der Waals surface area contributed by atoms with Crippen molar-refractivity contribution in [3.8, 4) is 0 Å². The molecule has 1 aromatic carbocycles. The van der Waals surface area contributed by atoms with Crippen LogP contribution in [-0.4, -0.2) is 62.2 Å². The van der Waals surface area contributed by atoms with Gasteiger partial charge in [0.05, 0.1) is 27.0 Å². The third-order valence-corrected chi connectivity index (χ3v) is 8.53. The van der Waals surface area contributed by atoms with E-state index < -0.39 is 62.3 Å². The molecule has 218 valence electrons. The minimum atomic E-state index is -4.90. The molecule has 0 unspecified atom stereocenters. The Kier molecular flexibility index (Phi) is 9.19. The van der Waals surface area contributed by atoms with Crippen molar-refractivity contribution in [2.24, 2.45) is 0 Å². The molecule has 1 atom stereocenters. The number of alkyl halides is 3. The molecule has 0 bridgehead atoms. The van der Waals surface area contributed by atoms with Crippen LogP contribution in [0, 0.1) is 10.1 Å². The van der Waals surface area contributed by atoms with Crippen LogP contribution in [-0.2, 0) is 10.9 Å². The molecule has 1 saturated heterocycles. The molecule has 8 nitrogen and oxygen atoms in total. The molecule has 1 heterocycles. The van der Waals surface area contributed by atoms with E-state index in [2.05, 4.69) is 0 Å². The number of benzene rings is 1. The molecule has 2 fully saturated rings. The van der Waals surface area contributed by atoms with E-state index in [1.807, 2.05) is 6.92 Å². The van der Waals surface area contributed by atoms with Crippen LogP contribution in [0.3, 0.4) is 0 Å². The molecular weight excluding hydrogens is 535 g/mol. The van der Waals surface area contributed by atoms with Crippen LogP contribution < -0.4 is 0 Å². The summed E-state index contributed by atoms with van der Waals surface area (Å²) in [5, 5.41) is 12.0. The second-order valence-electron chi connectivity index (χ2n) is 11.9. The van der Waals surface area contributed by atoms with Gasteiger partial charge in [-0.25, -0.2) is 4.79 Å². The zero-order chi connectivity index (χ0) is 29.3. The lowest BCUT2D eigenvalue weighted by Gasteiger charge is -2.41. The number of amides is 2. The molecule has 1 aromatic rings. The van der Waals surface area contributed by atoms with Gasteiger partial charge in [0, 0.05) is 29.9 Å². The Bertz CT molecular complexity index is 1100. The molecule has 0 spiro atoms. The minimum Gasteiger partial charge on any atom is -0.444 e. The van der Waals surface area contributed by atoms with Crippen molar-refractivity contribution in [2.45, 2.75) is 114 Å². The van der Waals surface area contributed by atoms with Gasteiger partial charge >= 0.3 is 12.3 Å². The number of nitro groups is 1. The van der Waals surface area contributed by atoms with Crippen LogP contribution in [0.1, 0.15) is 96.0 Å². The number of hydrogen-bond donors (Lipinski definition) is 0. The second-order valence-corrected chi connectivity index (χ2v) is 13.5. The fourth-order valence-electron chi connectivity index (χ4n) is 5.33. The average Bonchev–Trinajstić information content (AvgIpc) is 3.22. The Hall–Kier alpha value is -2.50. The maximum Gasteiger partial charge on any atom is 0.417 e. The first-order valence-electron chi connectivity index (χ1n) is 13.3. The molecular formula is C27H38F3N3O5S. The van der Waals surface area contributed by atoms with Crippen molar-refractivity contribution >= 4 is 29.4 Å². The van der Waals surface area contributed by atoms with E-state index >= 15 is 0 Å². The van der Waals surface area contributed by atoms with Gasteiger partial charge in [-0.2, -0.15) is 13.2 Å². The molecule has 3 rings (SSSR count). The lowest BCUT2D eigenvalue weighted by atomic mass is 9.99. The quantitative estimate of drug-likeness (QED) is 0.262. The van der Waals surface area contributed by atoms with Crippen LogP contribution in [0.5, 0.6) is 0 Å². The van der Waals surface area contributed by atoms with Crippen LogP contribution in [0.25, 0.3) is 0 Å². The summed E-state index contributed by atoms with van der Waals surface area (Å²) < 4.78 is 48.1. The number of piperidine rings is 1. The van der Waals surface area contributed by atoms with Gasteiger partial charge in [0.25, 0.3) is 11.6 Å². The standard InChI is InChI=1S/C27H38F3N3O5S/c1-17(2)32(18-10-9-13-31(16-18)24(35)38-25(3,4)5)23(34)19-14-21(33(36)37)22(15-20(19)27(28,29)30)39-26(6)11-7-8-12-26/h14-15,17-18H,7-13,16H2,1-6H3/t18-/m1/s1. The van der Waals surface area contributed by atoms with Crippen molar-refractivity contribution in [3.63, 3.8) is 0 Å². The van der Waals surface area contributed by atoms with E-state index in [-0.39, 0.29) is 11.4 Å². The van der Waals surface area contributed by atoms with Crippen LogP contribution in [0.15, 0.2) is 17.0 Å². The molecule has 0 aromatic heterocycles. The fourth-order valence-corrected chi connectivity index (χ4v) is 6.77. The molecule has 1 aliphatic heterocycles. The topological polar surface area (TPSA) is 93.0 Å². The molecule has 0 radical (unpaired) electrons. The summed E-state index contributed by atoms with van der Waals surface area (Å²) >= 11 is 1.09. The maximum absolute atomic E-state index is 14.3. The predicted molar refractivity (Wildman–Crippen MR) is 143 cm³/mol. The fraction of sp³-hybridized carbons (Fsp3) is 0.704. The highest BCUT2D eigenvalue weighted by Gasteiger charge is 2.42. The van der Waals surface area contributed by atoms with E-state index in [1.54, 1.807) is 34.6 Å². The summed E-state index contributed by atoms with van der Waals surface area (Å²) in [5.74, 6) is -0.944. The summed E-state index contributed by atoms with van der Waals surface area (Å²) in [6.07, 6.45) is -1.15. The first-order valence-corrected chi connectivity index (χ1v) is 14.1. The molecule has 12 heteroatoms. The summed E-state index contributed by atoms with van der Waals surface area (Å²) in [5.41, 5.74) is -3.17. The number of carbonyl (C=O) groups is 2. The Labute approximate surface area is 231 Å². The van der Waals surface area contributed by atoms with Gasteiger partial charge in [0.1, 0.15) is 5.60 Å². The monoisotopic (exact) mass is 573 g/mol. The third-order valence-electron chi connectivity index (χ3n) is 7.08. The number of rotatable bonds is 6. The van der Waals surface area contributed by atoms with Crippen LogP contribution in [0.2, 0.25) is 0 Å². The predicted octanol–water partition coefficient (Wildman–Crippen LogP) is 7.29. The summed E-state index contributed by atoms with van der Waals surface area (Å²) in [6.45, 7) is 10.9. The molecule has 2 aliphatic rings. The largest absolute Gasteiger partial charge is 0.444 e. The zero-order valence-corrected chi connectivity index (χ0v) is 24.2. The Morgan fingerprint density at radius 2 is 1.79 bits per heavy atom.